The molecule has 0 saturated carbocycles. The van der Waals surface area contributed by atoms with Gasteiger partial charge in [0.2, 0.25) is 0 Å². The average Bonchev–Trinajstić information content (AvgIpc) is 3.32. The van der Waals surface area contributed by atoms with E-state index in [9.17, 15) is 14.4 Å². The largest absolute Gasteiger partial charge is 0.350 e. The molecule has 0 bridgehead atoms. The highest BCUT2D eigenvalue weighted by atomic mass is 35.5. The van der Waals surface area contributed by atoms with E-state index in [-0.39, 0.29) is 27.3 Å². The van der Waals surface area contributed by atoms with Crippen LogP contribution in [0.25, 0.3) is 0 Å². The third kappa shape index (κ3) is 3.80. The highest BCUT2D eigenvalue weighted by molar-refractivity contribution is 7.13. The van der Waals surface area contributed by atoms with Crippen LogP contribution in [-0.4, -0.2) is 22.7 Å². The van der Waals surface area contributed by atoms with Gasteiger partial charge in [-0.3, -0.25) is 19.7 Å². The lowest BCUT2D eigenvalue weighted by Gasteiger charge is -2.16. The van der Waals surface area contributed by atoms with Crippen LogP contribution < -0.4 is 15.5 Å². The van der Waals surface area contributed by atoms with Crippen LogP contribution in [0, 0.1) is 0 Å². The molecule has 0 radical (unpaired) electrons. The normalized spacial score (nSPS) is 13.7. The van der Waals surface area contributed by atoms with Crippen molar-refractivity contribution in [2.75, 3.05) is 15.5 Å². The topological polar surface area (TPSA) is 91.4 Å². The Kier molecular flexibility index (Phi) is 5.54. The number of imide groups is 1. The van der Waals surface area contributed by atoms with E-state index in [0.717, 1.165) is 4.90 Å². The molecule has 0 fully saturated rings. The molecule has 1 aliphatic heterocycles. The molecule has 2 N–H and O–H groups in total. The minimum Gasteiger partial charge on any atom is -0.350 e. The smallest absolute Gasteiger partial charge is 0.283 e. The summed E-state index contributed by atoms with van der Waals surface area (Å²) in [7, 11) is 0. The van der Waals surface area contributed by atoms with Gasteiger partial charge in [0.15, 0.2) is 5.13 Å². The summed E-state index contributed by atoms with van der Waals surface area (Å²) in [5.74, 6) is -1.69. The quantitative estimate of drug-likeness (QED) is 0.549. The zero-order valence-corrected chi connectivity index (χ0v) is 17.4. The van der Waals surface area contributed by atoms with Gasteiger partial charge in [0, 0.05) is 22.8 Å². The maximum Gasteiger partial charge on any atom is 0.283 e. The van der Waals surface area contributed by atoms with E-state index < -0.39 is 11.8 Å². The molecule has 2 aromatic carbocycles. The monoisotopic (exact) mass is 458 g/mol. The first kappa shape index (κ1) is 20.1. The van der Waals surface area contributed by atoms with Gasteiger partial charge in [0.1, 0.15) is 10.7 Å². The molecule has 3 amide bonds. The number of halogens is 2. The molecule has 3 aromatic rings. The number of rotatable bonds is 5. The third-order valence-corrected chi connectivity index (χ3v) is 5.53. The molecule has 4 rings (SSSR count). The van der Waals surface area contributed by atoms with Gasteiger partial charge in [-0.1, -0.05) is 41.4 Å². The molecule has 10 heteroatoms. The second-order valence-electron chi connectivity index (χ2n) is 6.08. The van der Waals surface area contributed by atoms with Crippen molar-refractivity contribution in [3.8, 4) is 0 Å². The van der Waals surface area contributed by atoms with E-state index in [1.807, 2.05) is 0 Å². The summed E-state index contributed by atoms with van der Waals surface area (Å²) < 4.78 is 0. The number of anilines is 3. The van der Waals surface area contributed by atoms with Crippen LogP contribution in [0.3, 0.4) is 0 Å². The number of hydrogen-bond donors (Lipinski definition) is 2. The third-order valence-electron chi connectivity index (χ3n) is 4.17. The highest BCUT2D eigenvalue weighted by Crippen LogP contribution is 2.34. The number of thiazole rings is 1. The lowest BCUT2D eigenvalue weighted by molar-refractivity contribution is -0.120. The minimum atomic E-state index is -0.685. The fraction of sp³-hybridized carbons (Fsp3) is 0. The molecule has 0 aliphatic carbocycles. The van der Waals surface area contributed by atoms with E-state index in [2.05, 4.69) is 15.6 Å². The first-order chi connectivity index (χ1) is 14.5. The van der Waals surface area contributed by atoms with E-state index >= 15 is 0 Å². The average molecular weight is 459 g/mol. The molecule has 1 aromatic heterocycles. The molecule has 0 atom stereocenters. The number of amides is 3. The first-order valence-electron chi connectivity index (χ1n) is 8.56. The number of nitrogens with one attached hydrogen (secondary N) is 2. The van der Waals surface area contributed by atoms with Gasteiger partial charge in [-0.15, -0.1) is 11.3 Å². The molecule has 30 heavy (non-hydrogen) atoms. The number of carbonyl (C=O) groups is 3. The second-order valence-corrected chi connectivity index (χ2v) is 7.76. The number of aromatic nitrogens is 1. The number of carbonyl (C=O) groups excluding carboxylic acids is 3. The van der Waals surface area contributed by atoms with Crippen molar-refractivity contribution in [3.05, 3.63) is 81.4 Å². The Balaban J connectivity index is 1.57. The molecule has 0 saturated heterocycles. The zero-order valence-electron chi connectivity index (χ0n) is 15.1. The summed E-state index contributed by atoms with van der Waals surface area (Å²) in [5, 5.41) is 7.71. The molecule has 0 spiro atoms. The van der Waals surface area contributed by atoms with Gasteiger partial charge in [-0.2, -0.15) is 0 Å². The van der Waals surface area contributed by atoms with Crippen molar-refractivity contribution in [2.24, 2.45) is 0 Å². The van der Waals surface area contributed by atoms with Gasteiger partial charge < -0.3 is 5.32 Å². The van der Waals surface area contributed by atoms with Crippen molar-refractivity contribution in [1.82, 2.24) is 4.98 Å². The molecular weight excluding hydrogens is 447 g/mol. The van der Waals surface area contributed by atoms with E-state index in [1.165, 1.54) is 17.4 Å². The predicted molar refractivity (Wildman–Crippen MR) is 117 cm³/mol. The standard InChI is InChI=1S/C20H12Cl2N4O3S/c21-13-6-1-2-7-14(13)26-18(28)15(22)16(19(26)29)24-12-5-3-4-11(10-12)17(27)25-20-23-8-9-30-20/h1-10,24H,(H,23,25,27). The number of para-hydroxylation sites is 1. The van der Waals surface area contributed by atoms with Crippen LogP contribution in [0.2, 0.25) is 5.02 Å². The highest BCUT2D eigenvalue weighted by Gasteiger charge is 2.39. The number of nitrogens with zero attached hydrogens (tertiary/aromatic N) is 2. The fourth-order valence-electron chi connectivity index (χ4n) is 2.80. The summed E-state index contributed by atoms with van der Waals surface area (Å²) in [6, 6.07) is 12.9. The van der Waals surface area contributed by atoms with Crippen molar-refractivity contribution >= 4 is 68.8 Å². The Labute approximate surface area is 184 Å². The van der Waals surface area contributed by atoms with Crippen molar-refractivity contribution in [3.63, 3.8) is 0 Å². The first-order valence-corrected chi connectivity index (χ1v) is 10.2. The summed E-state index contributed by atoms with van der Waals surface area (Å²) in [6.45, 7) is 0. The van der Waals surface area contributed by atoms with E-state index in [0.29, 0.717) is 16.4 Å². The Hall–Kier alpha value is -3.20. The lowest BCUT2D eigenvalue weighted by atomic mass is 10.2. The van der Waals surface area contributed by atoms with Gasteiger partial charge >= 0.3 is 0 Å². The van der Waals surface area contributed by atoms with Gasteiger partial charge in [-0.05, 0) is 30.3 Å². The number of hydrogen-bond acceptors (Lipinski definition) is 6. The molecule has 1 aliphatic rings. The predicted octanol–water partition coefficient (Wildman–Crippen LogP) is 4.48. The van der Waals surface area contributed by atoms with Crippen LogP contribution in [0.4, 0.5) is 16.5 Å². The summed E-state index contributed by atoms with van der Waals surface area (Å²) >= 11 is 13.6. The van der Waals surface area contributed by atoms with Crippen LogP contribution in [-0.2, 0) is 9.59 Å². The van der Waals surface area contributed by atoms with Crippen molar-refractivity contribution in [1.29, 1.82) is 0 Å². The van der Waals surface area contributed by atoms with Crippen molar-refractivity contribution < 1.29 is 14.4 Å². The van der Waals surface area contributed by atoms with Crippen LogP contribution in [0.1, 0.15) is 10.4 Å². The molecule has 2 heterocycles. The SMILES string of the molecule is O=C(Nc1nccs1)c1cccc(NC2=C(Cl)C(=O)N(c3ccccc3Cl)C2=O)c1. The maximum atomic E-state index is 12.9. The van der Waals surface area contributed by atoms with Crippen LogP contribution in [0.15, 0.2) is 70.8 Å². The van der Waals surface area contributed by atoms with Gasteiger partial charge in [0.25, 0.3) is 17.7 Å². The number of benzene rings is 2. The van der Waals surface area contributed by atoms with Crippen LogP contribution >= 0.6 is 34.5 Å². The van der Waals surface area contributed by atoms with Crippen molar-refractivity contribution in [2.45, 2.75) is 0 Å². The summed E-state index contributed by atoms with van der Waals surface area (Å²) in [6.07, 6.45) is 1.58. The fourth-order valence-corrected chi connectivity index (χ4v) is 3.76. The maximum absolute atomic E-state index is 12.9. The van der Waals surface area contributed by atoms with Gasteiger partial charge in [-0.25, -0.2) is 9.88 Å². The summed E-state index contributed by atoms with van der Waals surface area (Å²) in [4.78, 5) is 42.8. The molecular formula is C20H12Cl2N4O3S. The van der Waals surface area contributed by atoms with Gasteiger partial charge in [0.05, 0.1) is 10.7 Å². The zero-order chi connectivity index (χ0) is 21.3. The minimum absolute atomic E-state index is 0.0981. The molecule has 7 nitrogen and oxygen atoms in total. The molecule has 0 unspecified atom stereocenters. The van der Waals surface area contributed by atoms with E-state index in [4.69, 9.17) is 23.2 Å². The second kappa shape index (κ2) is 8.27. The Morgan fingerprint density at radius 3 is 2.57 bits per heavy atom. The van der Waals surface area contributed by atoms with E-state index in [1.54, 1.807) is 54.0 Å². The molecule has 150 valence electrons. The van der Waals surface area contributed by atoms with Crippen LogP contribution in [0.5, 0.6) is 0 Å². The summed E-state index contributed by atoms with van der Waals surface area (Å²) in [5.41, 5.74) is 0.892. The Morgan fingerprint density at radius 1 is 1.03 bits per heavy atom. The lowest BCUT2D eigenvalue weighted by Crippen LogP contribution is -2.32. The Bertz CT molecular complexity index is 1190. The Morgan fingerprint density at radius 2 is 1.83 bits per heavy atom.